The van der Waals surface area contributed by atoms with E-state index >= 15 is 0 Å². The summed E-state index contributed by atoms with van der Waals surface area (Å²) in [6.07, 6.45) is 0. The highest BCUT2D eigenvalue weighted by atomic mass is 15.5. The number of aryl methyl sites for hydroxylation is 2. The summed E-state index contributed by atoms with van der Waals surface area (Å²) in [7, 11) is 1.64. The van der Waals surface area contributed by atoms with Crippen molar-refractivity contribution in [2.24, 2.45) is 7.05 Å². The van der Waals surface area contributed by atoms with Crippen LogP contribution in [-0.4, -0.2) is 9.67 Å². The van der Waals surface area contributed by atoms with E-state index < -0.39 is 31.4 Å². The van der Waals surface area contributed by atoms with Crippen LogP contribution in [0.15, 0.2) is 18.2 Å². The first-order valence-electron chi connectivity index (χ1n) is 11.0. The summed E-state index contributed by atoms with van der Waals surface area (Å²) in [6.45, 7) is -4.70. The summed E-state index contributed by atoms with van der Waals surface area (Å²) in [4.78, 5) is 4.34. The van der Waals surface area contributed by atoms with Gasteiger partial charge in [-0.05, 0) is 36.7 Å². The second kappa shape index (κ2) is 3.72. The Balaban J connectivity index is 2.74. The van der Waals surface area contributed by atoms with E-state index in [9.17, 15) is 0 Å². The van der Waals surface area contributed by atoms with E-state index in [4.69, 9.17) is 12.3 Å². The van der Waals surface area contributed by atoms with Crippen molar-refractivity contribution in [3.63, 3.8) is 0 Å². The summed E-state index contributed by atoms with van der Waals surface area (Å²) in [5.74, 6) is 0.0970. The monoisotopic (exact) mass is 279 g/mol. The summed E-state index contributed by atoms with van der Waals surface area (Å²) >= 11 is 0. The fraction of sp³-hybridized carbons (Fsp3) is 0.529. The molecule has 0 saturated carbocycles. The minimum Gasteiger partial charge on any atom is -0.152 e. The summed E-state index contributed by atoms with van der Waals surface area (Å²) < 4.78 is 78.0. The van der Waals surface area contributed by atoms with E-state index in [1.807, 2.05) is 0 Å². The lowest BCUT2D eigenvalue weighted by atomic mass is 9.61. The van der Waals surface area contributed by atoms with Gasteiger partial charge in [0.1, 0.15) is 7.05 Å². The average molecular weight is 279 g/mol. The molecule has 3 rings (SSSR count). The van der Waals surface area contributed by atoms with Gasteiger partial charge in [0.25, 0.3) is 5.82 Å². The lowest BCUT2D eigenvalue weighted by molar-refractivity contribution is -0.751. The molecular formula is C17H24N3+. The zero-order chi connectivity index (χ0) is 22.4. The Morgan fingerprint density at radius 1 is 1.20 bits per heavy atom. The summed E-state index contributed by atoms with van der Waals surface area (Å²) in [6, 6.07) is 4.91. The van der Waals surface area contributed by atoms with Crippen molar-refractivity contribution in [2.75, 3.05) is 0 Å². The van der Waals surface area contributed by atoms with Crippen molar-refractivity contribution in [3.05, 3.63) is 41.0 Å². The Morgan fingerprint density at radius 3 is 2.55 bits per heavy atom. The maximum absolute atomic E-state index is 8.33. The molecule has 20 heavy (non-hydrogen) atoms. The number of benzene rings is 1. The fourth-order valence-corrected chi connectivity index (χ4v) is 2.83. The Bertz CT molecular complexity index is 968. The van der Waals surface area contributed by atoms with Gasteiger partial charge in [0.15, 0.2) is 0 Å². The average Bonchev–Trinajstić information content (AvgIpc) is 2.79. The molecule has 2 heterocycles. The summed E-state index contributed by atoms with van der Waals surface area (Å²) in [5, 5.41) is 0. The Labute approximate surface area is 133 Å². The second-order valence-electron chi connectivity index (χ2n) is 5.66. The van der Waals surface area contributed by atoms with Crippen LogP contribution < -0.4 is 4.68 Å². The summed E-state index contributed by atoms with van der Waals surface area (Å²) in [5.41, 5.74) is -3.71. The smallest absolute Gasteiger partial charge is 0.152 e. The third-order valence-corrected chi connectivity index (χ3v) is 4.31. The molecule has 0 fully saturated rings. The normalized spacial score (nSPS) is 31.9. The highest BCUT2D eigenvalue weighted by Crippen LogP contribution is 2.49. The van der Waals surface area contributed by atoms with Crippen LogP contribution in [0.2, 0.25) is 0 Å². The molecule has 0 bridgehead atoms. The Kier molecular flexibility index (Phi) is 1.19. The number of para-hydroxylation sites is 1. The fourth-order valence-electron chi connectivity index (χ4n) is 2.83. The van der Waals surface area contributed by atoms with Gasteiger partial charge < -0.3 is 0 Å². The Morgan fingerprint density at radius 2 is 1.90 bits per heavy atom. The molecule has 2 aromatic rings. The largest absolute Gasteiger partial charge is 0.316 e. The van der Waals surface area contributed by atoms with E-state index in [1.54, 1.807) is 37.7 Å². The van der Waals surface area contributed by atoms with Gasteiger partial charge in [-0.3, -0.25) is 0 Å². The van der Waals surface area contributed by atoms with Gasteiger partial charge in [0.05, 0.1) is 11.1 Å². The standard InChI is InChI=1S/C17H24N3/c1-11-9-8-10-13-14(11)20-15(18-12(2)19(20)7)17(5,6)16(13,3)4/h8-10H,1-7H3/q+1/i3D3,5D3,6D3. The second-order valence-corrected chi connectivity index (χ2v) is 5.66. The number of aromatic nitrogens is 3. The van der Waals surface area contributed by atoms with Gasteiger partial charge in [0.2, 0.25) is 0 Å². The third kappa shape index (κ3) is 1.36. The molecular weight excluding hydrogens is 246 g/mol. The number of nitrogens with zero attached hydrogens (tertiary/aromatic N) is 3. The van der Waals surface area contributed by atoms with Crippen LogP contribution in [-0.2, 0) is 17.9 Å². The molecule has 1 aliphatic rings. The van der Waals surface area contributed by atoms with E-state index in [1.165, 1.54) is 17.7 Å². The quantitative estimate of drug-likeness (QED) is 0.680. The minimum absolute atomic E-state index is 0.158. The van der Waals surface area contributed by atoms with Crippen molar-refractivity contribution in [1.29, 1.82) is 0 Å². The van der Waals surface area contributed by atoms with Crippen LogP contribution in [0.3, 0.4) is 0 Å². The van der Waals surface area contributed by atoms with Crippen LogP contribution in [0, 0.1) is 13.8 Å². The lowest BCUT2D eigenvalue weighted by Crippen LogP contribution is -2.51. The van der Waals surface area contributed by atoms with Gasteiger partial charge in [-0.15, -0.1) is 4.68 Å². The maximum Gasteiger partial charge on any atom is 0.316 e. The molecule has 1 aliphatic heterocycles. The first-order chi connectivity index (χ1) is 12.9. The number of rotatable bonds is 0. The highest BCUT2D eigenvalue weighted by Gasteiger charge is 2.52. The predicted octanol–water partition coefficient (Wildman–Crippen LogP) is 2.88. The molecule has 3 nitrogen and oxygen atoms in total. The minimum atomic E-state index is -3.19. The number of hydrogen-bond donors (Lipinski definition) is 0. The molecule has 1 unspecified atom stereocenters. The zero-order valence-corrected chi connectivity index (χ0v) is 12.1. The van der Waals surface area contributed by atoms with Crippen molar-refractivity contribution >= 4 is 0 Å². The van der Waals surface area contributed by atoms with Gasteiger partial charge in [-0.25, -0.2) is 0 Å². The molecule has 0 aliphatic carbocycles. The molecule has 1 aromatic carbocycles. The van der Waals surface area contributed by atoms with Crippen LogP contribution in [0.1, 0.15) is 62.6 Å². The van der Waals surface area contributed by atoms with Gasteiger partial charge in [-0.1, -0.05) is 32.0 Å². The predicted molar refractivity (Wildman–Crippen MR) is 80.3 cm³/mol. The maximum atomic E-state index is 8.33. The van der Waals surface area contributed by atoms with Crippen LogP contribution in [0.25, 0.3) is 5.69 Å². The molecule has 1 aromatic heterocycles. The number of hydrogen-bond acceptors (Lipinski definition) is 1. The SMILES string of the molecule is [2H]C([2H])([2H])C1(C)c2cccc(C)c2-n2c(nc(C)[n+]2C)C1(C([2H])([2H])[2H])C([2H])([2H])[2H]. The van der Waals surface area contributed by atoms with Gasteiger partial charge in [-0.2, -0.15) is 4.68 Å². The third-order valence-electron chi connectivity index (χ3n) is 4.31. The van der Waals surface area contributed by atoms with Gasteiger partial charge in [0, 0.05) is 24.7 Å². The first kappa shape index (κ1) is 6.42. The van der Waals surface area contributed by atoms with Crippen molar-refractivity contribution in [2.45, 2.75) is 52.2 Å². The van der Waals surface area contributed by atoms with Crippen LogP contribution in [0.5, 0.6) is 0 Å². The molecule has 106 valence electrons. The van der Waals surface area contributed by atoms with E-state index in [-0.39, 0.29) is 11.4 Å². The van der Waals surface area contributed by atoms with Crippen molar-refractivity contribution < 1.29 is 17.0 Å². The van der Waals surface area contributed by atoms with Crippen LogP contribution >= 0.6 is 0 Å². The molecule has 0 saturated heterocycles. The molecule has 0 N–H and O–H groups in total. The van der Waals surface area contributed by atoms with Crippen molar-refractivity contribution in [1.82, 2.24) is 9.67 Å². The highest BCUT2D eigenvalue weighted by molar-refractivity contribution is 5.55. The zero-order valence-electron chi connectivity index (χ0n) is 21.1. The molecule has 0 spiro atoms. The first-order valence-corrected chi connectivity index (χ1v) is 6.51. The molecule has 0 amide bonds. The number of fused-ring (bicyclic) bond motifs is 3. The van der Waals surface area contributed by atoms with Gasteiger partial charge >= 0.3 is 5.82 Å². The molecule has 0 radical (unpaired) electrons. The van der Waals surface area contributed by atoms with E-state index in [2.05, 4.69) is 4.98 Å². The topological polar surface area (TPSA) is 21.7 Å². The van der Waals surface area contributed by atoms with E-state index in [0.29, 0.717) is 17.1 Å². The molecule has 3 heteroatoms. The Hall–Kier alpha value is -1.64. The van der Waals surface area contributed by atoms with Crippen LogP contribution in [0.4, 0.5) is 0 Å². The van der Waals surface area contributed by atoms with Crippen molar-refractivity contribution in [3.8, 4) is 5.69 Å². The lowest BCUT2D eigenvalue weighted by Gasteiger charge is -2.44. The molecule has 1 atom stereocenters. The van der Waals surface area contributed by atoms with E-state index in [0.717, 1.165) is 0 Å².